The molecule has 0 radical (unpaired) electrons. The van der Waals surface area contributed by atoms with Crippen molar-refractivity contribution < 1.29 is 9.59 Å². The van der Waals surface area contributed by atoms with Gasteiger partial charge in [-0.25, -0.2) is 4.98 Å². The number of hydrogen-bond donors (Lipinski definition) is 1. The number of carbonyl (C=O) groups is 2. The van der Waals surface area contributed by atoms with Crippen LogP contribution in [0.25, 0.3) is 10.2 Å². The molecule has 1 fully saturated rings. The second kappa shape index (κ2) is 5.91. The van der Waals surface area contributed by atoms with Crippen molar-refractivity contribution in [3.05, 3.63) is 28.7 Å². The Morgan fingerprint density at radius 3 is 3.08 bits per heavy atom. The SMILES string of the molecule is Cc1nc2cc(N3CC(C(=O)Nc4nncs4)CC3=O)ccc2s1. The van der Waals surface area contributed by atoms with Crippen molar-refractivity contribution in [1.29, 1.82) is 0 Å². The van der Waals surface area contributed by atoms with Gasteiger partial charge in [-0.3, -0.25) is 9.59 Å². The molecule has 3 aromatic rings. The molecular weight excluding hydrogens is 346 g/mol. The van der Waals surface area contributed by atoms with E-state index in [-0.39, 0.29) is 18.2 Å². The third-order valence-corrected chi connectivity index (χ3v) is 5.43. The van der Waals surface area contributed by atoms with Crippen LogP contribution in [0.15, 0.2) is 23.7 Å². The molecule has 1 saturated heterocycles. The van der Waals surface area contributed by atoms with Crippen LogP contribution in [0.2, 0.25) is 0 Å². The summed E-state index contributed by atoms with van der Waals surface area (Å²) in [5.41, 5.74) is 3.21. The fourth-order valence-corrected chi connectivity index (χ4v) is 4.02. The van der Waals surface area contributed by atoms with Gasteiger partial charge in [0.15, 0.2) is 0 Å². The van der Waals surface area contributed by atoms with E-state index in [1.165, 1.54) is 11.3 Å². The quantitative estimate of drug-likeness (QED) is 0.776. The molecule has 2 aromatic heterocycles. The summed E-state index contributed by atoms with van der Waals surface area (Å²) >= 11 is 2.87. The molecule has 2 amide bonds. The number of hydrogen-bond acceptors (Lipinski definition) is 7. The smallest absolute Gasteiger partial charge is 0.231 e. The first-order valence-electron chi connectivity index (χ1n) is 7.35. The molecule has 122 valence electrons. The van der Waals surface area contributed by atoms with Gasteiger partial charge in [-0.2, -0.15) is 0 Å². The Labute approximate surface area is 145 Å². The lowest BCUT2D eigenvalue weighted by molar-refractivity contribution is -0.122. The van der Waals surface area contributed by atoms with Gasteiger partial charge in [-0.1, -0.05) is 11.3 Å². The Morgan fingerprint density at radius 2 is 2.29 bits per heavy atom. The number of nitrogens with one attached hydrogen (secondary N) is 1. The summed E-state index contributed by atoms with van der Waals surface area (Å²) in [4.78, 5) is 30.7. The first-order valence-corrected chi connectivity index (χ1v) is 9.04. The number of amides is 2. The molecule has 0 bridgehead atoms. The highest BCUT2D eigenvalue weighted by Crippen LogP contribution is 2.30. The van der Waals surface area contributed by atoms with Gasteiger partial charge in [0, 0.05) is 18.7 Å². The summed E-state index contributed by atoms with van der Waals surface area (Å²) in [6.07, 6.45) is 0.193. The van der Waals surface area contributed by atoms with Crippen LogP contribution >= 0.6 is 22.7 Å². The van der Waals surface area contributed by atoms with E-state index in [9.17, 15) is 9.59 Å². The highest BCUT2D eigenvalue weighted by Gasteiger charge is 2.35. The first kappa shape index (κ1) is 15.2. The van der Waals surface area contributed by atoms with Crippen LogP contribution in [-0.2, 0) is 9.59 Å². The molecule has 3 heterocycles. The van der Waals surface area contributed by atoms with Gasteiger partial charge in [0.1, 0.15) is 5.51 Å². The number of fused-ring (bicyclic) bond motifs is 1. The van der Waals surface area contributed by atoms with Crippen molar-refractivity contribution >= 4 is 55.5 Å². The number of rotatable bonds is 3. The molecule has 1 unspecified atom stereocenters. The Hall–Kier alpha value is -2.39. The summed E-state index contributed by atoms with van der Waals surface area (Å²) in [6.45, 7) is 2.32. The summed E-state index contributed by atoms with van der Waals surface area (Å²) in [5, 5.41) is 11.6. The minimum absolute atomic E-state index is 0.0567. The lowest BCUT2D eigenvalue weighted by Gasteiger charge is -2.16. The van der Waals surface area contributed by atoms with Gasteiger partial charge in [-0.05, 0) is 25.1 Å². The van der Waals surface area contributed by atoms with E-state index < -0.39 is 5.92 Å². The first-order chi connectivity index (χ1) is 11.6. The molecule has 1 aliphatic rings. The van der Waals surface area contributed by atoms with Crippen LogP contribution in [0, 0.1) is 12.8 Å². The number of nitrogens with zero attached hydrogens (tertiary/aromatic N) is 4. The van der Waals surface area contributed by atoms with E-state index in [1.54, 1.807) is 21.7 Å². The number of thiazole rings is 1. The molecule has 9 heteroatoms. The van der Waals surface area contributed by atoms with E-state index in [0.717, 1.165) is 20.9 Å². The maximum atomic E-state index is 12.3. The molecule has 0 spiro atoms. The third-order valence-electron chi connectivity index (χ3n) is 3.88. The van der Waals surface area contributed by atoms with Crippen molar-refractivity contribution in [2.75, 3.05) is 16.8 Å². The zero-order valence-electron chi connectivity index (χ0n) is 12.7. The Morgan fingerprint density at radius 1 is 1.42 bits per heavy atom. The fourth-order valence-electron chi connectivity index (χ4n) is 2.77. The normalized spacial score (nSPS) is 17.6. The number of benzene rings is 1. The van der Waals surface area contributed by atoms with E-state index >= 15 is 0 Å². The van der Waals surface area contributed by atoms with Crippen LogP contribution < -0.4 is 10.2 Å². The Bertz CT molecular complexity index is 921. The van der Waals surface area contributed by atoms with Gasteiger partial charge in [-0.15, -0.1) is 21.5 Å². The van der Waals surface area contributed by atoms with Crippen LogP contribution in [0.3, 0.4) is 0 Å². The summed E-state index contributed by atoms with van der Waals surface area (Å²) < 4.78 is 1.09. The lowest BCUT2D eigenvalue weighted by Crippen LogP contribution is -2.28. The monoisotopic (exact) mass is 359 g/mol. The zero-order chi connectivity index (χ0) is 16.7. The Balaban J connectivity index is 1.53. The Kier molecular flexibility index (Phi) is 3.73. The van der Waals surface area contributed by atoms with Gasteiger partial charge in [0.25, 0.3) is 0 Å². The molecule has 7 nitrogen and oxygen atoms in total. The van der Waals surface area contributed by atoms with Crippen molar-refractivity contribution in [3.63, 3.8) is 0 Å². The zero-order valence-corrected chi connectivity index (χ0v) is 14.4. The molecular formula is C15H13N5O2S2. The average Bonchev–Trinajstić information content (AvgIpc) is 3.25. The molecule has 1 aromatic carbocycles. The van der Waals surface area contributed by atoms with Gasteiger partial charge in [0.2, 0.25) is 16.9 Å². The van der Waals surface area contributed by atoms with E-state index in [4.69, 9.17) is 0 Å². The molecule has 4 rings (SSSR count). The second-order valence-electron chi connectivity index (χ2n) is 5.52. The summed E-state index contributed by atoms with van der Waals surface area (Å²) in [6, 6.07) is 5.78. The predicted molar refractivity (Wildman–Crippen MR) is 93.4 cm³/mol. The maximum Gasteiger partial charge on any atom is 0.231 e. The third kappa shape index (κ3) is 2.76. The fraction of sp³-hybridized carbons (Fsp3) is 0.267. The van der Waals surface area contributed by atoms with Crippen LogP contribution in [0.1, 0.15) is 11.4 Å². The molecule has 1 aliphatic heterocycles. The molecule has 0 aliphatic carbocycles. The number of aryl methyl sites for hydroxylation is 1. The maximum absolute atomic E-state index is 12.3. The van der Waals surface area contributed by atoms with Crippen molar-refractivity contribution in [1.82, 2.24) is 15.2 Å². The molecule has 1 atom stereocenters. The van der Waals surface area contributed by atoms with Crippen LogP contribution in [0.5, 0.6) is 0 Å². The largest absolute Gasteiger partial charge is 0.312 e. The van der Waals surface area contributed by atoms with Crippen LogP contribution in [0.4, 0.5) is 10.8 Å². The van der Waals surface area contributed by atoms with Crippen molar-refractivity contribution in [3.8, 4) is 0 Å². The minimum atomic E-state index is -0.394. The number of aromatic nitrogens is 3. The van der Waals surface area contributed by atoms with Crippen molar-refractivity contribution in [2.24, 2.45) is 5.92 Å². The minimum Gasteiger partial charge on any atom is -0.312 e. The average molecular weight is 359 g/mol. The van der Waals surface area contributed by atoms with Crippen LogP contribution in [-0.4, -0.2) is 33.5 Å². The second-order valence-corrected chi connectivity index (χ2v) is 7.59. The highest BCUT2D eigenvalue weighted by molar-refractivity contribution is 7.18. The lowest BCUT2D eigenvalue weighted by atomic mass is 10.1. The van der Waals surface area contributed by atoms with Gasteiger partial charge >= 0.3 is 0 Å². The van der Waals surface area contributed by atoms with E-state index in [2.05, 4.69) is 20.5 Å². The molecule has 1 N–H and O–H groups in total. The van der Waals surface area contributed by atoms with E-state index in [1.807, 2.05) is 25.1 Å². The molecule has 0 saturated carbocycles. The highest BCUT2D eigenvalue weighted by atomic mass is 32.1. The van der Waals surface area contributed by atoms with Gasteiger partial charge in [0.05, 0.1) is 21.1 Å². The molecule has 24 heavy (non-hydrogen) atoms. The topological polar surface area (TPSA) is 88.1 Å². The number of carbonyl (C=O) groups excluding carboxylic acids is 2. The summed E-state index contributed by atoms with van der Waals surface area (Å²) in [5.74, 6) is -0.652. The summed E-state index contributed by atoms with van der Waals surface area (Å²) in [7, 11) is 0. The standard InChI is InChI=1S/C15H13N5O2S2/c1-8-17-11-5-10(2-3-12(11)24-8)20-6-9(4-13(20)21)14(22)18-15-19-16-7-23-15/h2-3,5,7,9H,4,6H2,1H3,(H,18,19,22). The van der Waals surface area contributed by atoms with Gasteiger partial charge < -0.3 is 10.2 Å². The van der Waals surface area contributed by atoms with E-state index in [0.29, 0.717) is 11.7 Å². The van der Waals surface area contributed by atoms with Crippen molar-refractivity contribution in [2.45, 2.75) is 13.3 Å². The number of anilines is 2. The predicted octanol–water partition coefficient (Wildman–Crippen LogP) is 2.45.